The van der Waals surface area contributed by atoms with Gasteiger partial charge < -0.3 is 10.2 Å². The van der Waals surface area contributed by atoms with Crippen molar-refractivity contribution >= 4 is 39.2 Å². The van der Waals surface area contributed by atoms with Gasteiger partial charge >= 0.3 is 5.69 Å². The molecule has 2 aromatic heterocycles. The summed E-state index contributed by atoms with van der Waals surface area (Å²) < 4.78 is 4.23. The Bertz CT molecular complexity index is 1490. The van der Waals surface area contributed by atoms with Gasteiger partial charge in [0.05, 0.1) is 27.8 Å². The lowest BCUT2D eigenvalue weighted by Gasteiger charge is -2.30. The smallest absolute Gasteiger partial charge is 0.328 e. The maximum Gasteiger partial charge on any atom is 0.328 e. The second-order valence-electron chi connectivity index (χ2n) is 8.42. The molecule has 1 saturated heterocycles. The highest BCUT2D eigenvalue weighted by atomic mass is 16.2. The van der Waals surface area contributed by atoms with Gasteiger partial charge in [0.2, 0.25) is 5.91 Å². The molecule has 3 heterocycles. The highest BCUT2D eigenvalue weighted by Gasteiger charge is 2.20. The number of rotatable bonds is 4. The average Bonchev–Trinajstić information content (AvgIpc) is 3.04. The molecule has 1 N–H and O–H groups in total. The van der Waals surface area contributed by atoms with Crippen LogP contribution >= 0.6 is 0 Å². The van der Waals surface area contributed by atoms with Crippen molar-refractivity contribution in [3.63, 3.8) is 0 Å². The predicted molar refractivity (Wildman–Crippen MR) is 127 cm³/mol. The van der Waals surface area contributed by atoms with Crippen LogP contribution in [0.5, 0.6) is 0 Å². The normalized spacial score (nSPS) is 14.2. The largest absolute Gasteiger partial charge is 0.370 e. The molecule has 10 nitrogen and oxygen atoms in total. The minimum absolute atomic E-state index is 0.129. The Kier molecular flexibility index (Phi) is 5.20. The molecule has 0 unspecified atom stereocenters. The van der Waals surface area contributed by atoms with Crippen LogP contribution in [0, 0.1) is 0 Å². The third-order valence-corrected chi connectivity index (χ3v) is 6.28. The number of amides is 1. The van der Waals surface area contributed by atoms with Gasteiger partial charge in [-0.1, -0.05) is 17.3 Å². The zero-order chi connectivity index (χ0) is 23.1. The van der Waals surface area contributed by atoms with E-state index in [4.69, 9.17) is 0 Å². The summed E-state index contributed by atoms with van der Waals surface area (Å²) in [6, 6.07) is 10.7. The van der Waals surface area contributed by atoms with Crippen LogP contribution in [0.15, 0.2) is 46.0 Å². The second-order valence-corrected chi connectivity index (χ2v) is 8.42. The number of hydrogen-bond donors (Lipinski definition) is 1. The number of aromatic nitrogens is 5. The molecule has 1 aliphatic heterocycles. The van der Waals surface area contributed by atoms with Crippen molar-refractivity contribution in [2.24, 2.45) is 14.1 Å². The number of carbonyl (C=O) groups is 1. The van der Waals surface area contributed by atoms with Crippen LogP contribution < -0.4 is 21.5 Å². The molecule has 10 heteroatoms. The molecule has 1 amide bonds. The molecule has 4 aromatic rings. The van der Waals surface area contributed by atoms with Gasteiger partial charge in [-0.25, -0.2) is 9.48 Å². The van der Waals surface area contributed by atoms with Crippen LogP contribution in [0.2, 0.25) is 0 Å². The topological polar surface area (TPSA) is 107 Å². The van der Waals surface area contributed by atoms with Crippen LogP contribution in [0.3, 0.4) is 0 Å². The second kappa shape index (κ2) is 8.19. The van der Waals surface area contributed by atoms with Crippen molar-refractivity contribution in [1.82, 2.24) is 24.1 Å². The fourth-order valence-electron chi connectivity index (χ4n) is 4.48. The Labute approximate surface area is 189 Å². The molecule has 33 heavy (non-hydrogen) atoms. The molecule has 0 radical (unpaired) electrons. The molecule has 5 rings (SSSR count). The van der Waals surface area contributed by atoms with Crippen molar-refractivity contribution in [3.8, 4) is 0 Å². The van der Waals surface area contributed by atoms with Gasteiger partial charge in [0.15, 0.2) is 0 Å². The highest BCUT2D eigenvalue weighted by Crippen LogP contribution is 2.32. The number of nitrogens with one attached hydrogen (secondary N) is 1. The van der Waals surface area contributed by atoms with E-state index in [0.29, 0.717) is 16.6 Å². The molecule has 0 spiro atoms. The summed E-state index contributed by atoms with van der Waals surface area (Å²) in [6.45, 7) is 1.50. The van der Waals surface area contributed by atoms with E-state index in [9.17, 15) is 14.4 Å². The number of hydrogen-bond acceptors (Lipinski definition) is 6. The highest BCUT2D eigenvalue weighted by molar-refractivity contribution is 5.98. The van der Waals surface area contributed by atoms with E-state index < -0.39 is 0 Å². The Morgan fingerprint density at radius 2 is 1.70 bits per heavy atom. The monoisotopic (exact) mass is 447 g/mol. The van der Waals surface area contributed by atoms with Gasteiger partial charge in [-0.3, -0.25) is 18.7 Å². The van der Waals surface area contributed by atoms with Crippen molar-refractivity contribution in [3.05, 3.63) is 57.2 Å². The van der Waals surface area contributed by atoms with Gasteiger partial charge in [0, 0.05) is 27.2 Å². The standard InChI is InChI=1S/C23H25N7O3/c1-27-19-12-17(18(29-10-6-3-7-11-29)13-20(19)28(2)23(27)33)24-21(31)14-30-22(32)15-8-4-5-9-16(15)25-26-30/h4-5,8-9,12-13H,3,6-7,10-11,14H2,1-2H3,(H,24,31). The Morgan fingerprint density at radius 1 is 1.00 bits per heavy atom. The van der Waals surface area contributed by atoms with Crippen LogP contribution in [0.25, 0.3) is 21.9 Å². The molecule has 0 aliphatic carbocycles. The first-order valence-electron chi connectivity index (χ1n) is 11.0. The fourth-order valence-corrected chi connectivity index (χ4v) is 4.48. The van der Waals surface area contributed by atoms with E-state index in [1.165, 1.54) is 6.42 Å². The first-order chi connectivity index (χ1) is 15.9. The number of nitrogens with zero attached hydrogens (tertiary/aromatic N) is 6. The number of aryl methyl sites for hydroxylation is 2. The molecule has 0 atom stereocenters. The van der Waals surface area contributed by atoms with Gasteiger partial charge in [0.25, 0.3) is 5.56 Å². The van der Waals surface area contributed by atoms with Crippen LogP contribution in [0.1, 0.15) is 19.3 Å². The fraction of sp³-hybridized carbons (Fsp3) is 0.348. The molecule has 1 fully saturated rings. The minimum atomic E-state index is -0.389. The molecule has 2 aromatic carbocycles. The summed E-state index contributed by atoms with van der Waals surface area (Å²) in [5.41, 5.74) is 3.00. The zero-order valence-electron chi connectivity index (χ0n) is 18.6. The molecule has 1 aliphatic rings. The average molecular weight is 447 g/mol. The maximum absolute atomic E-state index is 13.0. The van der Waals surface area contributed by atoms with Crippen LogP contribution in [-0.4, -0.2) is 43.1 Å². The Hall–Kier alpha value is -3.95. The zero-order valence-corrected chi connectivity index (χ0v) is 18.6. The van der Waals surface area contributed by atoms with Gasteiger partial charge in [-0.2, -0.15) is 0 Å². The summed E-state index contributed by atoms with van der Waals surface area (Å²) in [5.74, 6) is -0.389. The number of benzene rings is 2. The summed E-state index contributed by atoms with van der Waals surface area (Å²) in [5, 5.41) is 11.3. The lowest BCUT2D eigenvalue weighted by atomic mass is 10.1. The van der Waals surface area contributed by atoms with E-state index >= 15 is 0 Å². The summed E-state index contributed by atoms with van der Waals surface area (Å²) in [4.78, 5) is 40.4. The SMILES string of the molecule is Cn1c(=O)n(C)c2cc(N3CCCCC3)c(NC(=O)Cn3nnc4ccccc4c3=O)cc21. The van der Waals surface area contributed by atoms with Gasteiger partial charge in [-0.15, -0.1) is 5.10 Å². The molecule has 0 saturated carbocycles. The first kappa shape index (κ1) is 20.9. The number of piperidine rings is 1. The third-order valence-electron chi connectivity index (χ3n) is 6.28. The van der Waals surface area contributed by atoms with Crippen molar-refractivity contribution in [2.75, 3.05) is 23.3 Å². The summed E-state index contributed by atoms with van der Waals surface area (Å²) in [7, 11) is 3.45. The minimum Gasteiger partial charge on any atom is -0.370 e. The van der Waals surface area contributed by atoms with E-state index in [-0.39, 0.29) is 23.7 Å². The lowest BCUT2D eigenvalue weighted by Crippen LogP contribution is -2.32. The molecular weight excluding hydrogens is 422 g/mol. The summed E-state index contributed by atoms with van der Waals surface area (Å²) >= 11 is 0. The quantitative estimate of drug-likeness (QED) is 0.509. The van der Waals surface area contributed by atoms with Crippen molar-refractivity contribution in [1.29, 1.82) is 0 Å². The predicted octanol–water partition coefficient (Wildman–Crippen LogP) is 1.61. The molecular formula is C23H25N7O3. The number of anilines is 2. The number of carbonyl (C=O) groups excluding carboxylic acids is 1. The number of imidazole rings is 1. The third kappa shape index (κ3) is 3.67. The Morgan fingerprint density at radius 3 is 2.45 bits per heavy atom. The molecule has 0 bridgehead atoms. The van der Waals surface area contributed by atoms with Gasteiger partial charge in [0.1, 0.15) is 12.1 Å². The van der Waals surface area contributed by atoms with E-state index in [2.05, 4.69) is 20.5 Å². The van der Waals surface area contributed by atoms with E-state index in [1.54, 1.807) is 47.5 Å². The maximum atomic E-state index is 13.0. The van der Waals surface area contributed by atoms with E-state index in [0.717, 1.165) is 47.3 Å². The molecule has 170 valence electrons. The van der Waals surface area contributed by atoms with Crippen LogP contribution in [-0.2, 0) is 25.4 Å². The van der Waals surface area contributed by atoms with Crippen molar-refractivity contribution < 1.29 is 4.79 Å². The van der Waals surface area contributed by atoms with E-state index in [1.807, 2.05) is 12.1 Å². The Balaban J connectivity index is 1.51. The summed E-state index contributed by atoms with van der Waals surface area (Å²) in [6.07, 6.45) is 3.32. The van der Waals surface area contributed by atoms with Crippen molar-refractivity contribution in [2.45, 2.75) is 25.8 Å². The lowest BCUT2D eigenvalue weighted by molar-refractivity contribution is -0.117. The number of fused-ring (bicyclic) bond motifs is 2. The van der Waals surface area contributed by atoms with Gasteiger partial charge in [-0.05, 0) is 43.5 Å². The first-order valence-corrected chi connectivity index (χ1v) is 11.0. The van der Waals surface area contributed by atoms with Crippen LogP contribution in [0.4, 0.5) is 11.4 Å².